The van der Waals surface area contributed by atoms with Crippen molar-refractivity contribution in [1.82, 2.24) is 9.88 Å². The van der Waals surface area contributed by atoms with E-state index in [2.05, 4.69) is 20.9 Å². The Hall–Kier alpha value is -3.81. The predicted molar refractivity (Wildman–Crippen MR) is 137 cm³/mol. The monoisotopic (exact) mass is 487 g/mol. The molecule has 1 aromatic heterocycles. The Morgan fingerprint density at radius 2 is 1.79 bits per heavy atom. The van der Waals surface area contributed by atoms with Crippen LogP contribution >= 0.6 is 23.4 Å². The van der Waals surface area contributed by atoms with Crippen LogP contribution in [0.5, 0.6) is 0 Å². The number of aliphatic imine (C=N–C) groups is 1. The Morgan fingerprint density at radius 3 is 2.53 bits per heavy atom. The molecule has 0 unspecified atom stereocenters. The third-order valence-electron chi connectivity index (χ3n) is 5.37. The van der Waals surface area contributed by atoms with Crippen LogP contribution in [0, 0.1) is 0 Å². The van der Waals surface area contributed by atoms with Crippen molar-refractivity contribution in [2.24, 2.45) is 4.99 Å². The van der Waals surface area contributed by atoms with Crippen molar-refractivity contribution in [3.05, 3.63) is 106 Å². The van der Waals surface area contributed by atoms with E-state index in [0.717, 1.165) is 22.0 Å². The van der Waals surface area contributed by atoms with E-state index >= 15 is 0 Å². The lowest BCUT2D eigenvalue weighted by molar-refractivity contribution is -0.115. The molecular formula is C26H18ClN3O3S. The van der Waals surface area contributed by atoms with Gasteiger partial charge in [-0.3, -0.25) is 4.79 Å². The number of hydrogen-bond acceptors (Lipinski definition) is 4. The van der Waals surface area contributed by atoms with Gasteiger partial charge in [-0.15, -0.1) is 0 Å². The molecule has 0 aliphatic carbocycles. The molecule has 0 saturated carbocycles. The van der Waals surface area contributed by atoms with Crippen molar-refractivity contribution >= 4 is 63.1 Å². The van der Waals surface area contributed by atoms with Crippen LogP contribution in [0.4, 0.5) is 5.69 Å². The van der Waals surface area contributed by atoms with Gasteiger partial charge < -0.3 is 15.0 Å². The number of para-hydroxylation sites is 1. The molecule has 1 amide bonds. The lowest BCUT2D eigenvalue weighted by Gasteiger charge is -2.05. The molecule has 0 bridgehead atoms. The van der Waals surface area contributed by atoms with E-state index in [0.29, 0.717) is 27.3 Å². The first kappa shape index (κ1) is 22.0. The largest absolute Gasteiger partial charge is 0.478 e. The van der Waals surface area contributed by atoms with E-state index in [1.165, 1.54) is 23.9 Å². The molecule has 2 N–H and O–H groups in total. The summed E-state index contributed by atoms with van der Waals surface area (Å²) in [6.07, 6.45) is 3.91. The third kappa shape index (κ3) is 4.62. The maximum atomic E-state index is 12.6. The molecular weight excluding hydrogens is 470 g/mol. The summed E-state index contributed by atoms with van der Waals surface area (Å²) in [6.45, 7) is 0.680. The third-order valence-corrected chi connectivity index (χ3v) is 6.53. The number of nitrogens with zero attached hydrogens (tertiary/aromatic N) is 2. The topological polar surface area (TPSA) is 83.7 Å². The van der Waals surface area contributed by atoms with Crippen LogP contribution in [0.2, 0.25) is 5.02 Å². The average molecular weight is 488 g/mol. The zero-order valence-corrected chi connectivity index (χ0v) is 19.3. The van der Waals surface area contributed by atoms with Crippen molar-refractivity contribution in [3.8, 4) is 0 Å². The first-order chi connectivity index (χ1) is 16.5. The maximum Gasteiger partial charge on any atom is 0.335 e. The van der Waals surface area contributed by atoms with Crippen molar-refractivity contribution in [2.45, 2.75) is 6.54 Å². The standard InChI is InChI=1S/C26H18ClN3O3S/c27-19-9-5-16(6-10-19)14-30-15-18(21-3-1-2-4-22(21)30)13-23-24(31)29-26(34-23)28-20-11-7-17(8-12-20)25(32)33/h1-13,15H,14H2,(H,32,33)(H,28,29,31)/b23-13-. The van der Waals surface area contributed by atoms with Gasteiger partial charge in [-0.25, -0.2) is 9.79 Å². The van der Waals surface area contributed by atoms with Gasteiger partial charge in [-0.2, -0.15) is 0 Å². The molecule has 6 nitrogen and oxygen atoms in total. The number of rotatable bonds is 5. The Morgan fingerprint density at radius 1 is 1.06 bits per heavy atom. The van der Waals surface area contributed by atoms with Gasteiger partial charge in [-0.05, 0) is 65.9 Å². The Labute approximate surface area is 204 Å². The lowest BCUT2D eigenvalue weighted by Crippen LogP contribution is -2.19. The van der Waals surface area contributed by atoms with Crippen LogP contribution in [-0.2, 0) is 11.3 Å². The average Bonchev–Trinajstić information content (AvgIpc) is 3.35. The van der Waals surface area contributed by atoms with Crippen molar-refractivity contribution in [1.29, 1.82) is 0 Å². The van der Waals surface area contributed by atoms with E-state index < -0.39 is 5.97 Å². The second-order valence-corrected chi connectivity index (χ2v) is 9.16. The number of aromatic carboxylic acids is 1. The molecule has 5 rings (SSSR count). The number of amidine groups is 1. The summed E-state index contributed by atoms with van der Waals surface area (Å²) in [5.41, 5.74) is 3.88. The predicted octanol–water partition coefficient (Wildman–Crippen LogP) is 5.93. The molecule has 4 aromatic rings. The summed E-state index contributed by atoms with van der Waals surface area (Å²) in [5, 5.41) is 14.0. The molecule has 34 heavy (non-hydrogen) atoms. The fourth-order valence-electron chi connectivity index (χ4n) is 3.73. The Bertz CT molecular complexity index is 1470. The fraction of sp³-hybridized carbons (Fsp3) is 0.0385. The summed E-state index contributed by atoms with van der Waals surface area (Å²) >= 11 is 7.27. The zero-order chi connectivity index (χ0) is 23.7. The summed E-state index contributed by atoms with van der Waals surface area (Å²) in [7, 11) is 0. The van der Waals surface area contributed by atoms with Crippen LogP contribution < -0.4 is 5.32 Å². The van der Waals surface area contributed by atoms with Gasteiger partial charge in [0.2, 0.25) is 0 Å². The number of benzene rings is 3. The lowest BCUT2D eigenvalue weighted by atomic mass is 10.1. The molecule has 2 heterocycles. The van der Waals surface area contributed by atoms with Crippen molar-refractivity contribution in [3.63, 3.8) is 0 Å². The van der Waals surface area contributed by atoms with Gasteiger partial charge in [-0.1, -0.05) is 41.9 Å². The number of carboxylic acids is 1. The second-order valence-electron chi connectivity index (χ2n) is 7.69. The molecule has 1 aliphatic heterocycles. The van der Waals surface area contributed by atoms with Gasteiger partial charge in [0.05, 0.1) is 16.2 Å². The quantitative estimate of drug-likeness (QED) is 0.341. The van der Waals surface area contributed by atoms with Crippen molar-refractivity contribution < 1.29 is 14.7 Å². The zero-order valence-electron chi connectivity index (χ0n) is 17.7. The van der Waals surface area contributed by atoms with Gasteiger partial charge in [0.25, 0.3) is 5.91 Å². The highest BCUT2D eigenvalue weighted by Gasteiger charge is 2.24. The molecule has 1 fully saturated rings. The number of nitrogens with one attached hydrogen (secondary N) is 1. The number of carbonyl (C=O) groups is 2. The van der Waals surface area contributed by atoms with E-state index in [1.807, 2.05) is 54.7 Å². The number of carbonyl (C=O) groups excluding carboxylic acids is 1. The summed E-state index contributed by atoms with van der Waals surface area (Å²) in [6, 6.07) is 22.0. The highest BCUT2D eigenvalue weighted by molar-refractivity contribution is 8.18. The molecule has 0 radical (unpaired) electrons. The minimum Gasteiger partial charge on any atom is -0.478 e. The molecule has 0 atom stereocenters. The number of hydrogen-bond donors (Lipinski definition) is 2. The highest BCUT2D eigenvalue weighted by Crippen LogP contribution is 2.31. The Balaban J connectivity index is 1.43. The summed E-state index contributed by atoms with van der Waals surface area (Å²) in [4.78, 5) is 28.6. The van der Waals surface area contributed by atoms with Crippen LogP contribution in [0.1, 0.15) is 21.5 Å². The highest BCUT2D eigenvalue weighted by atomic mass is 35.5. The molecule has 1 saturated heterocycles. The number of aromatic nitrogens is 1. The van der Waals surface area contributed by atoms with E-state index in [4.69, 9.17) is 16.7 Å². The van der Waals surface area contributed by atoms with Gasteiger partial charge in [0, 0.05) is 34.2 Å². The van der Waals surface area contributed by atoms with Gasteiger partial charge >= 0.3 is 5.97 Å². The minimum atomic E-state index is -0.997. The summed E-state index contributed by atoms with van der Waals surface area (Å²) in [5.74, 6) is -1.22. The number of fused-ring (bicyclic) bond motifs is 1. The Kier molecular flexibility index (Phi) is 5.96. The minimum absolute atomic E-state index is 0.183. The maximum absolute atomic E-state index is 12.6. The first-order valence-corrected chi connectivity index (χ1v) is 11.6. The summed E-state index contributed by atoms with van der Waals surface area (Å²) < 4.78 is 2.15. The second kappa shape index (κ2) is 9.21. The van der Waals surface area contributed by atoms with Crippen LogP contribution in [0.3, 0.4) is 0 Å². The number of amides is 1. The van der Waals surface area contributed by atoms with Crippen LogP contribution in [0.15, 0.2) is 88.9 Å². The van der Waals surface area contributed by atoms with Crippen molar-refractivity contribution in [2.75, 3.05) is 0 Å². The molecule has 8 heteroatoms. The fourth-order valence-corrected chi connectivity index (χ4v) is 4.68. The van der Waals surface area contributed by atoms with Crippen LogP contribution in [0.25, 0.3) is 17.0 Å². The number of thioether (sulfide) groups is 1. The smallest absolute Gasteiger partial charge is 0.335 e. The molecule has 1 aliphatic rings. The normalized spacial score (nSPS) is 15.9. The SMILES string of the molecule is O=C1NC(=Nc2ccc(C(=O)O)cc2)S/C1=C\c1cn(Cc2ccc(Cl)cc2)c2ccccc12. The molecule has 3 aromatic carbocycles. The number of carboxylic acid groups (broad SMARTS) is 1. The first-order valence-electron chi connectivity index (χ1n) is 10.4. The number of halogens is 1. The van der Waals surface area contributed by atoms with E-state index in [-0.39, 0.29) is 11.5 Å². The molecule has 168 valence electrons. The van der Waals surface area contributed by atoms with Crippen LogP contribution in [-0.4, -0.2) is 26.7 Å². The van der Waals surface area contributed by atoms with Gasteiger partial charge in [0.15, 0.2) is 5.17 Å². The molecule has 0 spiro atoms. The van der Waals surface area contributed by atoms with E-state index in [1.54, 1.807) is 12.1 Å². The van der Waals surface area contributed by atoms with Gasteiger partial charge in [0.1, 0.15) is 0 Å². The van der Waals surface area contributed by atoms with E-state index in [9.17, 15) is 9.59 Å².